The van der Waals surface area contributed by atoms with Gasteiger partial charge in [-0.1, -0.05) is 30.3 Å². The molecule has 3 heteroatoms. The first-order valence-corrected chi connectivity index (χ1v) is 5.86. The van der Waals surface area contributed by atoms with Crippen LogP contribution in [0.25, 0.3) is 0 Å². The summed E-state index contributed by atoms with van der Waals surface area (Å²) in [6.07, 6.45) is 0.951. The third-order valence-corrected chi connectivity index (χ3v) is 3.37. The number of rotatable bonds is 2. The molecule has 0 saturated carbocycles. The molecular formula is C15H12FNO. The normalized spacial score (nSPS) is 21.2. The van der Waals surface area contributed by atoms with Gasteiger partial charge in [0.1, 0.15) is 12.1 Å². The highest BCUT2D eigenvalue weighted by atomic mass is 19.1. The molecule has 2 nitrogen and oxygen atoms in total. The molecule has 1 heterocycles. The molecule has 1 N–H and O–H groups in total. The van der Waals surface area contributed by atoms with Gasteiger partial charge in [-0.3, -0.25) is 0 Å². The summed E-state index contributed by atoms with van der Waals surface area (Å²) < 4.78 is 12.9. The molecule has 0 bridgehead atoms. The monoisotopic (exact) mass is 241 g/mol. The Kier molecular flexibility index (Phi) is 2.59. The maximum Gasteiger partial charge on any atom is 0.129 e. The quantitative estimate of drug-likeness (QED) is 0.817. The molecule has 1 aliphatic rings. The van der Waals surface area contributed by atoms with Crippen molar-refractivity contribution < 1.29 is 9.18 Å². The summed E-state index contributed by atoms with van der Waals surface area (Å²) in [4.78, 5) is 11.3. The van der Waals surface area contributed by atoms with Crippen molar-refractivity contribution >= 4 is 12.0 Å². The van der Waals surface area contributed by atoms with Crippen LogP contribution in [0.5, 0.6) is 0 Å². The molecule has 0 radical (unpaired) electrons. The highest BCUT2D eigenvalue weighted by Crippen LogP contribution is 2.42. The van der Waals surface area contributed by atoms with Crippen molar-refractivity contribution in [3.05, 3.63) is 65.5 Å². The van der Waals surface area contributed by atoms with Crippen LogP contribution in [0.4, 0.5) is 10.1 Å². The number of benzene rings is 2. The highest BCUT2D eigenvalue weighted by Gasteiger charge is 2.32. The first kappa shape index (κ1) is 11.0. The number of carbonyl (C=O) groups is 1. The first-order valence-electron chi connectivity index (χ1n) is 5.86. The Morgan fingerprint density at radius 3 is 2.50 bits per heavy atom. The standard InChI is InChI=1S/C15H12FNO/c16-11-7-5-10(6-8-11)15-13(9-18)12-3-1-2-4-14(12)17-15/h1-9,13,15,17H. The van der Waals surface area contributed by atoms with Crippen LogP contribution in [0.3, 0.4) is 0 Å². The van der Waals surface area contributed by atoms with Crippen LogP contribution >= 0.6 is 0 Å². The minimum Gasteiger partial charge on any atom is -0.377 e. The Morgan fingerprint density at radius 2 is 1.78 bits per heavy atom. The number of para-hydroxylation sites is 1. The van der Waals surface area contributed by atoms with E-state index >= 15 is 0 Å². The van der Waals surface area contributed by atoms with Gasteiger partial charge in [-0.2, -0.15) is 0 Å². The summed E-state index contributed by atoms with van der Waals surface area (Å²) in [6, 6.07) is 13.9. The van der Waals surface area contributed by atoms with Crippen molar-refractivity contribution in [1.29, 1.82) is 0 Å². The number of hydrogen-bond donors (Lipinski definition) is 1. The van der Waals surface area contributed by atoms with Crippen LogP contribution < -0.4 is 5.32 Å². The van der Waals surface area contributed by atoms with E-state index in [0.717, 1.165) is 23.1 Å². The Balaban J connectivity index is 2.00. The molecule has 2 unspecified atom stereocenters. The number of carbonyl (C=O) groups excluding carboxylic acids is 1. The predicted molar refractivity (Wildman–Crippen MR) is 68.0 cm³/mol. The number of hydrogen-bond acceptors (Lipinski definition) is 2. The molecule has 2 aromatic carbocycles. The molecule has 0 fully saturated rings. The molecule has 0 aliphatic carbocycles. The fraction of sp³-hybridized carbons (Fsp3) is 0.133. The van der Waals surface area contributed by atoms with E-state index in [0.29, 0.717) is 0 Å². The smallest absolute Gasteiger partial charge is 0.129 e. The number of fused-ring (bicyclic) bond motifs is 1. The summed E-state index contributed by atoms with van der Waals surface area (Å²) >= 11 is 0. The Bertz CT molecular complexity index is 579. The van der Waals surface area contributed by atoms with Gasteiger partial charge < -0.3 is 10.1 Å². The van der Waals surface area contributed by atoms with E-state index < -0.39 is 0 Å². The van der Waals surface area contributed by atoms with Crippen molar-refractivity contribution in [1.82, 2.24) is 0 Å². The van der Waals surface area contributed by atoms with Crippen LogP contribution in [0.1, 0.15) is 23.1 Å². The lowest BCUT2D eigenvalue weighted by molar-refractivity contribution is -0.109. The predicted octanol–water partition coefficient (Wildman–Crippen LogP) is 3.28. The van der Waals surface area contributed by atoms with Gasteiger partial charge in [-0.05, 0) is 29.3 Å². The molecule has 2 atom stereocenters. The summed E-state index contributed by atoms with van der Waals surface area (Å²) in [5.74, 6) is -0.483. The molecule has 90 valence electrons. The largest absolute Gasteiger partial charge is 0.377 e. The molecule has 0 spiro atoms. The van der Waals surface area contributed by atoms with E-state index in [1.807, 2.05) is 24.3 Å². The maximum atomic E-state index is 12.9. The lowest BCUT2D eigenvalue weighted by atomic mass is 9.92. The second-order valence-electron chi connectivity index (χ2n) is 4.42. The van der Waals surface area contributed by atoms with E-state index in [9.17, 15) is 9.18 Å². The number of anilines is 1. The highest BCUT2D eigenvalue weighted by molar-refractivity contribution is 5.75. The molecule has 0 aromatic heterocycles. The van der Waals surface area contributed by atoms with Crippen molar-refractivity contribution in [3.63, 3.8) is 0 Å². The average Bonchev–Trinajstić information content (AvgIpc) is 2.78. The van der Waals surface area contributed by atoms with E-state index in [4.69, 9.17) is 0 Å². The fourth-order valence-electron chi connectivity index (χ4n) is 2.47. The molecule has 18 heavy (non-hydrogen) atoms. The lowest BCUT2D eigenvalue weighted by Crippen LogP contribution is -2.12. The van der Waals surface area contributed by atoms with Gasteiger partial charge in [-0.25, -0.2) is 4.39 Å². The van der Waals surface area contributed by atoms with Crippen molar-refractivity contribution in [3.8, 4) is 0 Å². The maximum absolute atomic E-state index is 12.9. The van der Waals surface area contributed by atoms with Gasteiger partial charge in [0.15, 0.2) is 0 Å². The van der Waals surface area contributed by atoms with Gasteiger partial charge >= 0.3 is 0 Å². The molecular weight excluding hydrogens is 229 g/mol. The van der Waals surface area contributed by atoms with Gasteiger partial charge in [0, 0.05) is 5.69 Å². The number of nitrogens with one attached hydrogen (secondary N) is 1. The number of halogens is 1. The second kappa shape index (κ2) is 4.26. The summed E-state index contributed by atoms with van der Waals surface area (Å²) in [5.41, 5.74) is 2.90. The summed E-state index contributed by atoms with van der Waals surface area (Å²) in [7, 11) is 0. The minimum atomic E-state index is -0.267. The van der Waals surface area contributed by atoms with Gasteiger partial charge in [0.2, 0.25) is 0 Å². The van der Waals surface area contributed by atoms with Crippen LogP contribution in [-0.4, -0.2) is 6.29 Å². The average molecular weight is 241 g/mol. The molecule has 3 rings (SSSR count). The zero-order valence-corrected chi connectivity index (χ0v) is 9.64. The summed E-state index contributed by atoms with van der Waals surface area (Å²) in [6.45, 7) is 0. The Labute approximate surface area is 104 Å². The van der Waals surface area contributed by atoms with E-state index in [2.05, 4.69) is 5.32 Å². The topological polar surface area (TPSA) is 29.1 Å². The van der Waals surface area contributed by atoms with Crippen molar-refractivity contribution in [2.75, 3.05) is 5.32 Å². The number of aldehydes is 1. The summed E-state index contributed by atoms with van der Waals surface area (Å²) in [5, 5.41) is 3.32. The van der Waals surface area contributed by atoms with Crippen LogP contribution in [-0.2, 0) is 4.79 Å². The Hall–Kier alpha value is -2.16. The third-order valence-electron chi connectivity index (χ3n) is 3.37. The molecule has 0 saturated heterocycles. The first-order chi connectivity index (χ1) is 8.79. The SMILES string of the molecule is O=CC1c2ccccc2NC1c1ccc(F)cc1. The van der Waals surface area contributed by atoms with E-state index in [1.54, 1.807) is 12.1 Å². The molecule has 2 aromatic rings. The van der Waals surface area contributed by atoms with E-state index in [1.165, 1.54) is 12.1 Å². The fourth-order valence-corrected chi connectivity index (χ4v) is 2.47. The Morgan fingerprint density at radius 1 is 1.06 bits per heavy atom. The van der Waals surface area contributed by atoms with Gasteiger partial charge in [0.25, 0.3) is 0 Å². The van der Waals surface area contributed by atoms with Crippen LogP contribution in [0, 0.1) is 5.82 Å². The molecule has 0 amide bonds. The van der Waals surface area contributed by atoms with Crippen molar-refractivity contribution in [2.24, 2.45) is 0 Å². The zero-order chi connectivity index (χ0) is 12.5. The third kappa shape index (κ3) is 1.68. The van der Waals surface area contributed by atoms with E-state index in [-0.39, 0.29) is 17.8 Å². The van der Waals surface area contributed by atoms with Crippen molar-refractivity contribution in [2.45, 2.75) is 12.0 Å². The van der Waals surface area contributed by atoms with Crippen LogP contribution in [0.15, 0.2) is 48.5 Å². The lowest BCUT2D eigenvalue weighted by Gasteiger charge is -2.16. The van der Waals surface area contributed by atoms with Gasteiger partial charge in [0.05, 0.1) is 12.0 Å². The van der Waals surface area contributed by atoms with Gasteiger partial charge in [-0.15, -0.1) is 0 Å². The molecule has 1 aliphatic heterocycles. The second-order valence-corrected chi connectivity index (χ2v) is 4.42. The zero-order valence-electron chi connectivity index (χ0n) is 9.64. The van der Waals surface area contributed by atoms with Crippen LogP contribution in [0.2, 0.25) is 0 Å². The minimum absolute atomic E-state index is 0.111.